The molecule has 0 aliphatic carbocycles. The Morgan fingerprint density at radius 1 is 1.14 bits per heavy atom. The van der Waals surface area contributed by atoms with Crippen LogP contribution in [0.3, 0.4) is 0 Å². The first-order chi connectivity index (χ1) is 10.2. The maximum Gasteiger partial charge on any atom is 0.333 e. The van der Waals surface area contributed by atoms with Gasteiger partial charge in [-0.2, -0.15) is 0 Å². The van der Waals surface area contributed by atoms with Gasteiger partial charge in [0.2, 0.25) is 0 Å². The van der Waals surface area contributed by atoms with Crippen molar-refractivity contribution in [3.8, 4) is 0 Å². The molecule has 0 saturated carbocycles. The van der Waals surface area contributed by atoms with Gasteiger partial charge in [-0.05, 0) is 12.1 Å². The number of rotatable bonds is 2. The number of nitrogens with zero attached hydrogens (tertiary/aromatic N) is 3. The molecular weight excluding hydrogens is 314 g/mol. The van der Waals surface area contributed by atoms with Crippen LogP contribution in [-0.4, -0.2) is 46.7 Å². The van der Waals surface area contributed by atoms with Crippen LogP contribution in [0.1, 0.15) is 5.56 Å². The Hall–Kier alpha value is -2.74. The fourth-order valence-electron chi connectivity index (χ4n) is 1.89. The second-order valence-corrected chi connectivity index (χ2v) is 4.94. The van der Waals surface area contributed by atoms with E-state index in [-0.39, 0.29) is 21.8 Å². The maximum atomic E-state index is 12.0. The zero-order valence-electron chi connectivity index (χ0n) is 11.6. The molecule has 0 unspecified atom stereocenters. The lowest BCUT2D eigenvalue weighted by Crippen LogP contribution is -2.52. The highest BCUT2D eigenvalue weighted by molar-refractivity contribution is 6.34. The Morgan fingerprint density at radius 2 is 1.68 bits per heavy atom. The fraction of sp³-hybridized carbons (Fsp3) is 0.154. The molecule has 1 heterocycles. The van der Waals surface area contributed by atoms with E-state index >= 15 is 0 Å². The first-order valence-corrected chi connectivity index (χ1v) is 6.37. The molecule has 0 N–H and O–H groups in total. The van der Waals surface area contributed by atoms with E-state index < -0.39 is 22.8 Å². The lowest BCUT2D eigenvalue weighted by Gasteiger charge is -2.28. The minimum absolute atomic E-state index is 0.140. The van der Waals surface area contributed by atoms with E-state index in [1.165, 1.54) is 26.2 Å². The molecule has 1 aromatic rings. The SMILES string of the molecule is CN1C(=O)C(=Cc2cc([N+](=O)[O-])ccc2Cl)C(=O)N(C)C1=O. The lowest BCUT2D eigenvalue weighted by molar-refractivity contribution is -0.384. The van der Waals surface area contributed by atoms with Crippen LogP contribution in [0.5, 0.6) is 0 Å². The highest BCUT2D eigenvalue weighted by Crippen LogP contribution is 2.26. The van der Waals surface area contributed by atoms with Crippen LogP contribution in [0, 0.1) is 10.1 Å². The van der Waals surface area contributed by atoms with Crippen LogP contribution in [0.2, 0.25) is 5.02 Å². The molecular formula is C13H10ClN3O5. The van der Waals surface area contributed by atoms with E-state index in [0.29, 0.717) is 0 Å². The quantitative estimate of drug-likeness (QED) is 0.357. The van der Waals surface area contributed by atoms with Gasteiger partial charge in [-0.3, -0.25) is 29.5 Å². The number of barbiturate groups is 1. The second-order valence-electron chi connectivity index (χ2n) is 4.53. The van der Waals surface area contributed by atoms with Crippen LogP contribution < -0.4 is 0 Å². The van der Waals surface area contributed by atoms with Crippen molar-refractivity contribution in [1.29, 1.82) is 0 Å². The van der Waals surface area contributed by atoms with Gasteiger partial charge in [0.05, 0.1) is 4.92 Å². The normalized spacial score (nSPS) is 15.4. The van der Waals surface area contributed by atoms with Gasteiger partial charge < -0.3 is 0 Å². The Labute approximate surface area is 129 Å². The average molecular weight is 324 g/mol. The number of halogens is 1. The van der Waals surface area contributed by atoms with E-state index in [2.05, 4.69) is 0 Å². The molecule has 0 spiro atoms. The number of amides is 4. The van der Waals surface area contributed by atoms with Gasteiger partial charge in [-0.1, -0.05) is 11.6 Å². The van der Waals surface area contributed by atoms with Crippen molar-refractivity contribution in [2.75, 3.05) is 14.1 Å². The van der Waals surface area contributed by atoms with Gasteiger partial charge in [0.15, 0.2) is 0 Å². The molecule has 0 radical (unpaired) electrons. The van der Waals surface area contributed by atoms with E-state index in [9.17, 15) is 24.5 Å². The number of imide groups is 2. The van der Waals surface area contributed by atoms with Crippen molar-refractivity contribution in [3.05, 3.63) is 44.5 Å². The summed E-state index contributed by atoms with van der Waals surface area (Å²) in [6, 6.07) is 2.89. The van der Waals surface area contributed by atoms with Gasteiger partial charge in [-0.15, -0.1) is 0 Å². The maximum absolute atomic E-state index is 12.0. The van der Waals surface area contributed by atoms with Crippen LogP contribution in [-0.2, 0) is 9.59 Å². The molecule has 2 rings (SSSR count). The number of nitro groups is 1. The summed E-state index contributed by atoms with van der Waals surface area (Å²) < 4.78 is 0. The number of urea groups is 1. The van der Waals surface area contributed by atoms with E-state index in [0.717, 1.165) is 21.9 Å². The van der Waals surface area contributed by atoms with Crippen molar-refractivity contribution in [2.24, 2.45) is 0 Å². The van der Waals surface area contributed by atoms with Crippen molar-refractivity contribution in [2.45, 2.75) is 0 Å². The van der Waals surface area contributed by atoms with E-state index in [4.69, 9.17) is 11.6 Å². The Kier molecular flexibility index (Phi) is 3.96. The predicted molar refractivity (Wildman–Crippen MR) is 77.0 cm³/mol. The van der Waals surface area contributed by atoms with Crippen LogP contribution in [0.15, 0.2) is 23.8 Å². The van der Waals surface area contributed by atoms with Gasteiger partial charge >= 0.3 is 6.03 Å². The summed E-state index contributed by atoms with van der Waals surface area (Å²) in [5, 5.41) is 10.9. The summed E-state index contributed by atoms with van der Waals surface area (Å²) in [6.45, 7) is 0. The molecule has 9 heteroatoms. The average Bonchev–Trinajstić information content (AvgIpc) is 2.49. The van der Waals surface area contributed by atoms with Gasteiger partial charge in [-0.25, -0.2) is 4.79 Å². The molecule has 1 aliphatic rings. The Bertz CT molecular complexity index is 717. The molecule has 4 amide bonds. The topological polar surface area (TPSA) is 101 Å². The third-order valence-electron chi connectivity index (χ3n) is 3.13. The number of carbonyl (C=O) groups is 3. The monoisotopic (exact) mass is 323 g/mol. The summed E-state index contributed by atoms with van der Waals surface area (Å²) in [4.78, 5) is 47.4. The zero-order chi connectivity index (χ0) is 16.6. The summed E-state index contributed by atoms with van der Waals surface area (Å²) in [6.07, 6.45) is 1.14. The number of carbonyl (C=O) groups excluding carboxylic acids is 3. The first kappa shape index (κ1) is 15.6. The largest absolute Gasteiger partial charge is 0.333 e. The smallest absolute Gasteiger partial charge is 0.268 e. The van der Waals surface area contributed by atoms with Gasteiger partial charge in [0, 0.05) is 36.8 Å². The van der Waals surface area contributed by atoms with Crippen molar-refractivity contribution in [1.82, 2.24) is 9.80 Å². The molecule has 114 valence electrons. The van der Waals surface area contributed by atoms with Crippen molar-refractivity contribution in [3.63, 3.8) is 0 Å². The summed E-state index contributed by atoms with van der Waals surface area (Å²) in [5.41, 5.74) is -0.388. The minimum Gasteiger partial charge on any atom is -0.268 e. The number of nitro benzene ring substituents is 1. The lowest BCUT2D eigenvalue weighted by atomic mass is 10.1. The van der Waals surface area contributed by atoms with Crippen molar-refractivity contribution < 1.29 is 19.3 Å². The highest BCUT2D eigenvalue weighted by atomic mass is 35.5. The molecule has 1 saturated heterocycles. The number of hydrogen-bond donors (Lipinski definition) is 0. The third kappa shape index (κ3) is 2.56. The molecule has 22 heavy (non-hydrogen) atoms. The zero-order valence-corrected chi connectivity index (χ0v) is 12.3. The van der Waals surface area contributed by atoms with Gasteiger partial charge in [0.25, 0.3) is 17.5 Å². The molecule has 1 aromatic carbocycles. The molecule has 8 nitrogen and oxygen atoms in total. The highest BCUT2D eigenvalue weighted by Gasteiger charge is 2.37. The summed E-state index contributed by atoms with van der Waals surface area (Å²) >= 11 is 5.93. The number of hydrogen-bond acceptors (Lipinski definition) is 5. The molecule has 0 bridgehead atoms. The fourth-order valence-corrected chi connectivity index (χ4v) is 2.06. The Morgan fingerprint density at radius 3 is 2.18 bits per heavy atom. The van der Waals surface area contributed by atoms with Gasteiger partial charge in [0.1, 0.15) is 5.57 Å². The van der Waals surface area contributed by atoms with Crippen LogP contribution in [0.4, 0.5) is 10.5 Å². The summed E-state index contributed by atoms with van der Waals surface area (Å²) in [5.74, 6) is -1.59. The third-order valence-corrected chi connectivity index (χ3v) is 3.48. The number of non-ortho nitro benzene ring substituents is 1. The molecule has 0 atom stereocenters. The molecule has 1 fully saturated rings. The van der Waals surface area contributed by atoms with E-state index in [1.807, 2.05) is 0 Å². The minimum atomic E-state index is -0.796. The second kappa shape index (κ2) is 5.57. The van der Waals surface area contributed by atoms with E-state index in [1.54, 1.807) is 0 Å². The van der Waals surface area contributed by atoms with Crippen molar-refractivity contribution >= 4 is 41.2 Å². The number of benzene rings is 1. The van der Waals surface area contributed by atoms with Crippen LogP contribution >= 0.6 is 11.6 Å². The standard InChI is InChI=1S/C13H10ClN3O5/c1-15-11(18)9(12(19)16(2)13(15)20)6-7-5-8(17(21)22)3-4-10(7)14/h3-6H,1-2H3. The Balaban J connectivity index is 2.54. The van der Waals surface area contributed by atoms with Crippen LogP contribution in [0.25, 0.3) is 6.08 Å². The molecule has 1 aliphatic heterocycles. The molecule has 0 aromatic heterocycles. The first-order valence-electron chi connectivity index (χ1n) is 5.99. The number of likely N-dealkylation sites (N-methyl/N-ethyl adjacent to an activating group) is 2. The summed E-state index contributed by atoms with van der Waals surface area (Å²) in [7, 11) is 2.47. The predicted octanol–water partition coefficient (Wildman–Crippen LogP) is 1.68.